The van der Waals surface area contributed by atoms with Crippen LogP contribution in [0.15, 0.2) is 25.3 Å². The summed E-state index contributed by atoms with van der Waals surface area (Å²) in [7, 11) is 0. The van der Waals surface area contributed by atoms with E-state index < -0.39 is 0 Å². The Hall–Kier alpha value is -3.09. The van der Waals surface area contributed by atoms with E-state index in [1.807, 2.05) is 0 Å². The van der Waals surface area contributed by atoms with Crippen LogP contribution < -0.4 is 16.4 Å². The van der Waals surface area contributed by atoms with Crippen LogP contribution in [-0.4, -0.2) is 44.9 Å². The van der Waals surface area contributed by atoms with E-state index in [0.717, 1.165) is 0 Å². The first-order chi connectivity index (χ1) is 10.3. The van der Waals surface area contributed by atoms with E-state index in [1.54, 1.807) is 0 Å². The third-order valence-electron chi connectivity index (χ3n) is 2.09. The average Bonchev–Trinajstić information content (AvgIpc) is 2.48. The first kappa shape index (κ1) is 12.9. The van der Waals surface area contributed by atoms with Gasteiger partial charge in [0.1, 0.15) is 25.3 Å². The van der Waals surface area contributed by atoms with Crippen molar-refractivity contribution >= 4 is 29.7 Å². The highest BCUT2D eigenvalue weighted by Crippen LogP contribution is 1.98. The largest absolute Gasteiger partial charge is 0.398 e. The molecule has 0 aliphatic carbocycles. The van der Waals surface area contributed by atoms with E-state index in [0.29, 0.717) is 0 Å². The van der Waals surface area contributed by atoms with Crippen LogP contribution in [0.2, 0.25) is 0 Å². The van der Waals surface area contributed by atoms with Gasteiger partial charge in [-0.15, -0.1) is 5.73 Å². The number of aromatic nitrogens is 9. The molecule has 3 rings (SSSR count). The molecule has 3 heterocycles. The molecule has 0 aromatic carbocycles. The number of nitrogens with zero attached hydrogens (tertiary/aromatic N) is 9. The van der Waals surface area contributed by atoms with Crippen molar-refractivity contribution in [3.05, 3.63) is 25.3 Å². The highest BCUT2D eigenvalue weighted by atomic mass is 15.3. The van der Waals surface area contributed by atoms with Crippen LogP contribution >= 0.6 is 0 Å². The molecule has 4 N–H and O–H groups in total. The zero-order chi connectivity index (χ0) is 14.5. The van der Waals surface area contributed by atoms with Gasteiger partial charge in [-0.3, -0.25) is 0 Å². The van der Waals surface area contributed by atoms with Gasteiger partial charge < -0.3 is 0 Å². The summed E-state index contributed by atoms with van der Waals surface area (Å²) in [6.07, 6.45) is 5.35. The van der Waals surface area contributed by atoms with Gasteiger partial charge in [0.15, 0.2) is 0 Å². The van der Waals surface area contributed by atoms with Crippen LogP contribution in [0.1, 0.15) is 0 Å². The summed E-state index contributed by atoms with van der Waals surface area (Å²) in [5.74, 6) is 0.914. The minimum atomic E-state index is 0.0121. The minimum Gasteiger partial charge on any atom is -0.224 e. The number of nitrogens with one attached hydrogen (secondary N) is 2. The van der Waals surface area contributed by atoms with Gasteiger partial charge in [0.2, 0.25) is 0 Å². The number of hydrogen-bond donors (Lipinski definition) is 3. The lowest BCUT2D eigenvalue weighted by Gasteiger charge is -1.91. The average molecular weight is 284 g/mol. The third kappa shape index (κ3) is 3.47. The number of rotatable bonds is 4. The molecule has 0 fully saturated rings. The summed E-state index contributed by atoms with van der Waals surface area (Å²) in [6, 6.07) is 0. The Labute approximate surface area is 117 Å². The topological polar surface area (TPSA) is 173 Å². The number of anilines is 5. The standard InChI is InChI=1S/C9H8N12/c10-5-17-8(19-6-13-1-11-2-14-6)21-9(18-5)20-7-15-3-12-4-16-7/h1-4,19-20H,10H2/q+3. The second-order valence-electron chi connectivity index (χ2n) is 3.51. The Balaban J connectivity index is 1.83. The summed E-state index contributed by atoms with van der Waals surface area (Å²) in [4.78, 5) is 34.9. The predicted molar refractivity (Wildman–Crippen MR) is 61.6 cm³/mol. The van der Waals surface area contributed by atoms with Crippen LogP contribution in [0.5, 0.6) is 0 Å². The second-order valence-corrected chi connectivity index (χ2v) is 3.51. The first-order valence-electron chi connectivity index (χ1n) is 5.59. The van der Waals surface area contributed by atoms with Crippen molar-refractivity contribution in [3.8, 4) is 0 Å². The zero-order valence-corrected chi connectivity index (χ0v) is 10.4. The molecule has 101 valence electrons. The number of nitrogen functional groups attached to an aromatic ring is 1. The molecule has 3 radical (unpaired) electrons. The summed E-state index contributed by atoms with van der Waals surface area (Å²) in [6.45, 7) is 0. The van der Waals surface area contributed by atoms with Crippen molar-refractivity contribution in [3.63, 3.8) is 0 Å². The smallest absolute Gasteiger partial charge is 0.224 e. The summed E-state index contributed by atoms with van der Waals surface area (Å²) in [5, 5.41) is 5.55. The molecule has 0 aliphatic heterocycles. The van der Waals surface area contributed by atoms with Gasteiger partial charge in [0, 0.05) is 0 Å². The van der Waals surface area contributed by atoms with Crippen molar-refractivity contribution in [2.75, 3.05) is 0 Å². The van der Waals surface area contributed by atoms with E-state index in [1.165, 1.54) is 25.3 Å². The van der Waals surface area contributed by atoms with Crippen LogP contribution in [0.25, 0.3) is 0 Å². The molecular weight excluding hydrogens is 276 g/mol. The fourth-order valence-corrected chi connectivity index (χ4v) is 1.31. The molecule has 3 aromatic heterocycles. The minimum absolute atomic E-state index is 0.0121. The van der Waals surface area contributed by atoms with Crippen molar-refractivity contribution in [2.24, 2.45) is 0 Å². The quantitative estimate of drug-likeness (QED) is 0.426. The Bertz CT molecular complexity index is 658. The third-order valence-corrected chi connectivity index (χ3v) is 2.09. The molecule has 21 heavy (non-hydrogen) atoms. The number of hydrogen-bond acceptors (Lipinski definition) is 12. The molecule has 0 spiro atoms. The normalized spacial score (nSPS) is 10.5. The Morgan fingerprint density at radius 2 is 1.05 bits per heavy atom. The SMILES string of the molecule is [NH2+]c1nc([NH+]c2ncncn2)nc([NH+]c2ncncn2)n1. The van der Waals surface area contributed by atoms with Gasteiger partial charge in [-0.25, -0.2) is 9.97 Å². The molecular formula is C9H8N12+3. The lowest BCUT2D eigenvalue weighted by atomic mass is 10.7. The van der Waals surface area contributed by atoms with Crippen molar-refractivity contribution in [2.45, 2.75) is 0 Å². The maximum absolute atomic E-state index is 5.62. The first-order valence-corrected chi connectivity index (χ1v) is 5.59. The fourth-order valence-electron chi connectivity index (χ4n) is 1.31. The highest BCUT2D eigenvalue weighted by Gasteiger charge is 2.22. The highest BCUT2D eigenvalue weighted by molar-refractivity contribution is 5.22. The van der Waals surface area contributed by atoms with E-state index in [9.17, 15) is 0 Å². The monoisotopic (exact) mass is 284 g/mol. The molecule has 0 atom stereocenters. The predicted octanol–water partition coefficient (Wildman–Crippen LogP) is -4.47. The molecule has 0 saturated heterocycles. The second kappa shape index (κ2) is 5.91. The lowest BCUT2D eigenvalue weighted by molar-refractivity contribution is -0.510. The summed E-state index contributed by atoms with van der Waals surface area (Å²) in [5.41, 5.74) is 5.62. The van der Waals surface area contributed by atoms with E-state index in [2.05, 4.69) is 55.5 Å². The maximum Gasteiger partial charge on any atom is 0.398 e. The van der Waals surface area contributed by atoms with Crippen LogP contribution in [0, 0.1) is 0 Å². The van der Waals surface area contributed by atoms with Gasteiger partial charge in [-0.2, -0.15) is 19.9 Å². The molecule has 0 bridgehead atoms. The van der Waals surface area contributed by atoms with Crippen LogP contribution in [0.4, 0.5) is 29.7 Å². The van der Waals surface area contributed by atoms with Gasteiger partial charge in [-0.05, 0) is 10.6 Å². The van der Waals surface area contributed by atoms with E-state index >= 15 is 0 Å². The molecule has 12 nitrogen and oxygen atoms in total. The Kier molecular flexibility index (Phi) is 3.64. The Morgan fingerprint density at radius 1 is 0.619 bits per heavy atom. The molecule has 0 saturated carbocycles. The molecule has 12 heteroatoms. The van der Waals surface area contributed by atoms with Gasteiger partial charge in [0.25, 0.3) is 0 Å². The van der Waals surface area contributed by atoms with E-state index in [-0.39, 0.29) is 29.7 Å². The van der Waals surface area contributed by atoms with Crippen molar-refractivity contribution in [1.82, 2.24) is 44.9 Å². The zero-order valence-electron chi connectivity index (χ0n) is 10.4. The van der Waals surface area contributed by atoms with Crippen LogP contribution in [-0.2, 0) is 0 Å². The van der Waals surface area contributed by atoms with Crippen molar-refractivity contribution < 1.29 is 16.4 Å². The summed E-state index contributed by atoms with van der Waals surface area (Å²) < 4.78 is 0. The molecule has 0 amide bonds. The molecule has 3 aromatic rings. The van der Waals surface area contributed by atoms with Gasteiger partial charge >= 0.3 is 29.7 Å². The van der Waals surface area contributed by atoms with Gasteiger partial charge in [-0.1, -0.05) is 15.0 Å². The summed E-state index contributed by atoms with van der Waals surface area (Å²) >= 11 is 0. The Morgan fingerprint density at radius 3 is 1.48 bits per heavy atom. The fraction of sp³-hybridized carbons (Fsp3) is 0. The van der Waals surface area contributed by atoms with Crippen molar-refractivity contribution in [1.29, 1.82) is 0 Å². The molecule has 0 aliphatic rings. The van der Waals surface area contributed by atoms with E-state index in [4.69, 9.17) is 5.73 Å². The molecule has 0 unspecified atom stereocenters. The maximum atomic E-state index is 5.62. The number of nitrogens with two attached hydrogens (primary N) is 1. The van der Waals surface area contributed by atoms with Gasteiger partial charge in [0.05, 0.1) is 0 Å². The van der Waals surface area contributed by atoms with Crippen LogP contribution in [0.3, 0.4) is 0 Å². The lowest BCUT2D eigenvalue weighted by Crippen LogP contribution is -2.76.